The number of hydrogen-bond donors (Lipinski definition) is 1. The molecule has 0 radical (unpaired) electrons. The van der Waals surface area contributed by atoms with E-state index in [0.29, 0.717) is 19.6 Å². The Morgan fingerprint density at radius 3 is 2.96 bits per heavy atom. The number of ether oxygens (including phenoxy) is 1. The standard InChI is InChI=1S/C21H22BrN3O2/c22-16-6-3-5-15(13-16)14-25-18-8-2-1-7-17(18)24-20(25)10-11-23-21(26)19-9-4-12-27-19/h1-3,5-8,13,19H,4,9-12,14H2,(H,23,26). The molecule has 4 rings (SSSR count). The zero-order valence-electron chi connectivity index (χ0n) is 15.0. The normalized spacial score (nSPS) is 16.7. The van der Waals surface area contributed by atoms with E-state index < -0.39 is 0 Å². The van der Waals surface area contributed by atoms with Gasteiger partial charge in [-0.25, -0.2) is 4.98 Å². The first-order chi connectivity index (χ1) is 13.2. The van der Waals surface area contributed by atoms with E-state index in [-0.39, 0.29) is 12.0 Å². The van der Waals surface area contributed by atoms with Gasteiger partial charge in [0.2, 0.25) is 5.91 Å². The predicted octanol–water partition coefficient (Wildman–Crippen LogP) is 3.68. The Morgan fingerprint density at radius 1 is 1.26 bits per heavy atom. The van der Waals surface area contributed by atoms with E-state index in [1.54, 1.807) is 0 Å². The monoisotopic (exact) mass is 427 g/mol. The van der Waals surface area contributed by atoms with E-state index in [1.807, 2.05) is 30.3 Å². The summed E-state index contributed by atoms with van der Waals surface area (Å²) in [6, 6.07) is 16.5. The fourth-order valence-corrected chi connectivity index (χ4v) is 3.95. The third-order valence-corrected chi connectivity index (χ3v) is 5.33. The van der Waals surface area contributed by atoms with Crippen molar-refractivity contribution in [2.75, 3.05) is 13.2 Å². The van der Waals surface area contributed by atoms with E-state index >= 15 is 0 Å². The van der Waals surface area contributed by atoms with E-state index in [0.717, 1.165) is 40.7 Å². The zero-order valence-corrected chi connectivity index (χ0v) is 16.6. The van der Waals surface area contributed by atoms with Crippen LogP contribution in [0.1, 0.15) is 24.2 Å². The van der Waals surface area contributed by atoms with Crippen molar-refractivity contribution in [3.05, 3.63) is 64.4 Å². The molecule has 1 aliphatic rings. The second-order valence-electron chi connectivity index (χ2n) is 6.78. The number of hydrogen-bond acceptors (Lipinski definition) is 3. The lowest BCUT2D eigenvalue weighted by molar-refractivity contribution is -0.130. The number of carbonyl (C=O) groups is 1. The van der Waals surface area contributed by atoms with Gasteiger partial charge in [0.15, 0.2) is 0 Å². The van der Waals surface area contributed by atoms with Crippen LogP contribution < -0.4 is 5.32 Å². The SMILES string of the molecule is O=C(NCCc1nc2ccccc2n1Cc1cccc(Br)c1)C1CCCO1. The molecule has 2 heterocycles. The van der Waals surface area contributed by atoms with Gasteiger partial charge in [-0.05, 0) is 42.7 Å². The molecule has 0 aliphatic carbocycles. The zero-order chi connectivity index (χ0) is 18.6. The van der Waals surface area contributed by atoms with Gasteiger partial charge in [-0.3, -0.25) is 4.79 Å². The van der Waals surface area contributed by atoms with Crippen molar-refractivity contribution in [1.29, 1.82) is 0 Å². The lowest BCUT2D eigenvalue weighted by Crippen LogP contribution is -2.35. The number of amides is 1. The molecular weight excluding hydrogens is 406 g/mol. The van der Waals surface area contributed by atoms with Crippen LogP contribution >= 0.6 is 15.9 Å². The Kier molecular flexibility index (Phi) is 5.55. The van der Waals surface area contributed by atoms with Gasteiger partial charge in [-0.2, -0.15) is 0 Å². The Morgan fingerprint density at radius 2 is 2.15 bits per heavy atom. The van der Waals surface area contributed by atoms with Crippen molar-refractivity contribution < 1.29 is 9.53 Å². The minimum atomic E-state index is -0.287. The molecule has 3 aromatic rings. The summed E-state index contributed by atoms with van der Waals surface area (Å²) in [6.45, 7) is 1.98. The number of imidazole rings is 1. The predicted molar refractivity (Wildman–Crippen MR) is 109 cm³/mol. The molecule has 1 N–H and O–H groups in total. The molecule has 6 heteroatoms. The molecule has 1 amide bonds. The summed E-state index contributed by atoms with van der Waals surface area (Å²) in [5.74, 6) is 0.964. The molecule has 1 unspecified atom stereocenters. The van der Waals surface area contributed by atoms with Crippen LogP contribution in [-0.4, -0.2) is 34.7 Å². The van der Waals surface area contributed by atoms with E-state index in [9.17, 15) is 4.79 Å². The van der Waals surface area contributed by atoms with Gasteiger partial charge < -0.3 is 14.6 Å². The average Bonchev–Trinajstić information content (AvgIpc) is 3.31. The molecule has 0 spiro atoms. The second kappa shape index (κ2) is 8.23. The topological polar surface area (TPSA) is 56.2 Å². The third kappa shape index (κ3) is 4.22. The quantitative estimate of drug-likeness (QED) is 0.652. The first-order valence-electron chi connectivity index (χ1n) is 9.28. The van der Waals surface area contributed by atoms with Crippen LogP contribution in [0.2, 0.25) is 0 Å². The van der Waals surface area contributed by atoms with Gasteiger partial charge in [-0.1, -0.05) is 40.2 Å². The Labute approximate surface area is 166 Å². The molecule has 140 valence electrons. The van der Waals surface area contributed by atoms with Crippen LogP contribution in [0.25, 0.3) is 11.0 Å². The van der Waals surface area contributed by atoms with Crippen molar-refractivity contribution in [3.63, 3.8) is 0 Å². The first-order valence-corrected chi connectivity index (χ1v) is 10.1. The fraction of sp³-hybridized carbons (Fsp3) is 0.333. The van der Waals surface area contributed by atoms with Crippen LogP contribution in [0.15, 0.2) is 53.0 Å². The van der Waals surface area contributed by atoms with Gasteiger partial charge in [0.25, 0.3) is 0 Å². The highest BCUT2D eigenvalue weighted by molar-refractivity contribution is 9.10. The number of fused-ring (bicyclic) bond motifs is 1. The Hall–Kier alpha value is -2.18. The number of para-hydroxylation sites is 2. The van der Waals surface area contributed by atoms with E-state index in [1.165, 1.54) is 5.56 Å². The lowest BCUT2D eigenvalue weighted by atomic mass is 10.2. The van der Waals surface area contributed by atoms with Gasteiger partial charge in [0.1, 0.15) is 11.9 Å². The molecule has 0 bridgehead atoms. The van der Waals surface area contributed by atoms with Crippen molar-refractivity contribution in [1.82, 2.24) is 14.9 Å². The van der Waals surface area contributed by atoms with Crippen LogP contribution in [-0.2, 0) is 22.5 Å². The molecule has 5 nitrogen and oxygen atoms in total. The maximum atomic E-state index is 12.2. The molecule has 1 fully saturated rings. The number of rotatable bonds is 6. The summed E-state index contributed by atoms with van der Waals surface area (Å²) in [6.07, 6.45) is 2.17. The molecular formula is C21H22BrN3O2. The highest BCUT2D eigenvalue weighted by atomic mass is 79.9. The Bertz CT molecular complexity index is 948. The second-order valence-corrected chi connectivity index (χ2v) is 7.69. The maximum absolute atomic E-state index is 12.2. The molecule has 1 saturated heterocycles. The van der Waals surface area contributed by atoms with Crippen LogP contribution in [0.5, 0.6) is 0 Å². The Balaban J connectivity index is 1.51. The molecule has 2 aromatic carbocycles. The number of nitrogens with one attached hydrogen (secondary N) is 1. The number of aromatic nitrogens is 2. The summed E-state index contributed by atoms with van der Waals surface area (Å²) in [5.41, 5.74) is 3.29. The average molecular weight is 428 g/mol. The van der Waals surface area contributed by atoms with Crippen molar-refractivity contribution >= 4 is 32.9 Å². The maximum Gasteiger partial charge on any atom is 0.249 e. The lowest BCUT2D eigenvalue weighted by Gasteiger charge is -2.12. The minimum absolute atomic E-state index is 0.0119. The van der Waals surface area contributed by atoms with Crippen molar-refractivity contribution in [2.45, 2.75) is 31.9 Å². The molecule has 1 atom stereocenters. The number of nitrogens with zero attached hydrogens (tertiary/aromatic N) is 2. The number of carbonyl (C=O) groups excluding carboxylic acids is 1. The summed E-state index contributed by atoms with van der Waals surface area (Å²) in [7, 11) is 0. The van der Waals surface area contributed by atoms with E-state index in [4.69, 9.17) is 9.72 Å². The molecule has 0 saturated carbocycles. The van der Waals surface area contributed by atoms with Crippen molar-refractivity contribution in [2.24, 2.45) is 0 Å². The summed E-state index contributed by atoms with van der Waals surface area (Å²) < 4.78 is 8.74. The summed E-state index contributed by atoms with van der Waals surface area (Å²) >= 11 is 3.54. The summed E-state index contributed by atoms with van der Waals surface area (Å²) in [4.78, 5) is 16.9. The van der Waals surface area contributed by atoms with Crippen LogP contribution in [0.3, 0.4) is 0 Å². The van der Waals surface area contributed by atoms with Gasteiger partial charge in [-0.15, -0.1) is 0 Å². The number of benzene rings is 2. The number of halogens is 1. The third-order valence-electron chi connectivity index (χ3n) is 4.83. The van der Waals surface area contributed by atoms with E-state index in [2.05, 4.69) is 44.0 Å². The highest BCUT2D eigenvalue weighted by Crippen LogP contribution is 2.20. The molecule has 1 aliphatic heterocycles. The van der Waals surface area contributed by atoms with Crippen molar-refractivity contribution in [3.8, 4) is 0 Å². The minimum Gasteiger partial charge on any atom is -0.368 e. The summed E-state index contributed by atoms with van der Waals surface area (Å²) in [5, 5.41) is 2.99. The van der Waals surface area contributed by atoms with Crippen LogP contribution in [0.4, 0.5) is 0 Å². The largest absolute Gasteiger partial charge is 0.368 e. The van der Waals surface area contributed by atoms with Gasteiger partial charge in [0.05, 0.1) is 11.0 Å². The van der Waals surface area contributed by atoms with Gasteiger partial charge >= 0.3 is 0 Å². The van der Waals surface area contributed by atoms with Crippen LogP contribution in [0, 0.1) is 0 Å². The molecule has 1 aromatic heterocycles. The first kappa shape index (κ1) is 18.2. The fourth-order valence-electron chi connectivity index (χ4n) is 3.51. The smallest absolute Gasteiger partial charge is 0.249 e. The van der Waals surface area contributed by atoms with Gasteiger partial charge in [0, 0.05) is 30.6 Å². The molecule has 27 heavy (non-hydrogen) atoms. The highest BCUT2D eigenvalue weighted by Gasteiger charge is 2.23.